The fourth-order valence-electron chi connectivity index (χ4n) is 3.77. The van der Waals surface area contributed by atoms with Crippen molar-refractivity contribution in [3.05, 3.63) is 28.8 Å². The van der Waals surface area contributed by atoms with E-state index >= 15 is 0 Å². The van der Waals surface area contributed by atoms with Crippen LogP contribution in [0.4, 0.5) is 0 Å². The molecule has 122 valence electrons. The van der Waals surface area contributed by atoms with Gasteiger partial charge in [0.25, 0.3) is 5.91 Å². The second kappa shape index (κ2) is 5.47. The van der Waals surface area contributed by atoms with Gasteiger partial charge in [-0.2, -0.15) is 5.21 Å². The van der Waals surface area contributed by atoms with Crippen LogP contribution < -0.4 is 0 Å². The van der Waals surface area contributed by atoms with Gasteiger partial charge in [0.15, 0.2) is 5.82 Å². The highest BCUT2D eigenvalue weighted by Crippen LogP contribution is 2.38. The van der Waals surface area contributed by atoms with Crippen molar-refractivity contribution in [3.8, 4) is 0 Å². The zero-order valence-electron chi connectivity index (χ0n) is 13.6. The Balaban J connectivity index is 1.46. The number of nitrogens with one attached hydrogen (secondary N) is 1. The summed E-state index contributed by atoms with van der Waals surface area (Å²) in [5, 5.41) is 14.1. The Labute approximate surface area is 135 Å². The van der Waals surface area contributed by atoms with Gasteiger partial charge < -0.3 is 9.47 Å². The summed E-state index contributed by atoms with van der Waals surface area (Å²) in [4.78, 5) is 14.9. The summed E-state index contributed by atoms with van der Waals surface area (Å²) in [6.45, 7) is 5.77. The molecule has 2 aliphatic rings. The first-order valence-electron chi connectivity index (χ1n) is 8.33. The molecule has 1 unspecified atom stereocenters. The van der Waals surface area contributed by atoms with Crippen molar-refractivity contribution in [2.75, 3.05) is 13.1 Å². The van der Waals surface area contributed by atoms with Gasteiger partial charge in [0.2, 0.25) is 0 Å². The maximum Gasteiger partial charge on any atom is 0.255 e. The Hall–Kier alpha value is -2.18. The van der Waals surface area contributed by atoms with Gasteiger partial charge in [-0.3, -0.25) is 4.79 Å². The first-order valence-corrected chi connectivity index (χ1v) is 8.33. The molecule has 1 N–H and O–H groups in total. The molecule has 1 aliphatic carbocycles. The van der Waals surface area contributed by atoms with E-state index in [1.165, 1.54) is 18.5 Å². The maximum absolute atomic E-state index is 12.9. The van der Waals surface area contributed by atoms with E-state index in [4.69, 9.17) is 0 Å². The first-order chi connectivity index (χ1) is 11.1. The molecule has 1 amide bonds. The summed E-state index contributed by atoms with van der Waals surface area (Å²) in [5.74, 6) is 1.32. The van der Waals surface area contributed by atoms with Crippen LogP contribution in [0, 0.1) is 19.8 Å². The lowest BCUT2D eigenvalue weighted by atomic mass is 10.1. The monoisotopic (exact) mass is 314 g/mol. The molecule has 1 saturated heterocycles. The number of carbonyl (C=O) groups excluding carboxylic acids is 1. The molecule has 0 bridgehead atoms. The van der Waals surface area contributed by atoms with Crippen LogP contribution in [0.3, 0.4) is 0 Å². The minimum atomic E-state index is 0.167. The van der Waals surface area contributed by atoms with Gasteiger partial charge in [-0.25, -0.2) is 0 Å². The molecule has 1 aliphatic heterocycles. The number of nitrogens with zero attached hydrogens (tertiary/aromatic N) is 5. The third-order valence-corrected chi connectivity index (χ3v) is 5.06. The van der Waals surface area contributed by atoms with E-state index in [0.29, 0.717) is 12.0 Å². The molecule has 3 heterocycles. The van der Waals surface area contributed by atoms with Crippen LogP contribution >= 0.6 is 0 Å². The Morgan fingerprint density at radius 1 is 1.35 bits per heavy atom. The number of hydrogen-bond donors (Lipinski definition) is 1. The number of aromatic amines is 1. The number of likely N-dealkylation sites (tertiary alicyclic amines) is 1. The van der Waals surface area contributed by atoms with Gasteiger partial charge >= 0.3 is 0 Å². The SMILES string of the molecule is Cc1cc(C(=O)N2CCC(Cc3nn[nH]n3)C2)c(C)n1C1CC1. The van der Waals surface area contributed by atoms with Crippen molar-refractivity contribution in [1.29, 1.82) is 0 Å². The molecule has 1 saturated carbocycles. The minimum absolute atomic E-state index is 0.167. The van der Waals surface area contributed by atoms with Crippen molar-refractivity contribution < 1.29 is 4.79 Å². The van der Waals surface area contributed by atoms with Crippen LogP contribution in [0.15, 0.2) is 6.07 Å². The van der Waals surface area contributed by atoms with Crippen LogP contribution in [0.1, 0.15) is 52.9 Å². The number of H-pyrrole nitrogens is 1. The standard InChI is InChI=1S/C16H22N6O/c1-10-7-14(11(2)22(10)13-3-4-13)16(23)21-6-5-12(9-21)8-15-17-19-20-18-15/h7,12-13H,3-6,8-9H2,1-2H3,(H,17,18,19,20). The second-order valence-corrected chi connectivity index (χ2v) is 6.82. The molecular weight excluding hydrogens is 292 g/mol. The molecule has 1 atom stereocenters. The Morgan fingerprint density at radius 2 is 2.17 bits per heavy atom. The van der Waals surface area contributed by atoms with Gasteiger partial charge in [-0.05, 0) is 45.1 Å². The summed E-state index contributed by atoms with van der Waals surface area (Å²) in [5.41, 5.74) is 3.20. The second-order valence-electron chi connectivity index (χ2n) is 6.82. The zero-order valence-corrected chi connectivity index (χ0v) is 13.6. The van der Waals surface area contributed by atoms with Crippen molar-refractivity contribution in [2.45, 2.75) is 45.6 Å². The number of carbonyl (C=O) groups is 1. The highest BCUT2D eigenvalue weighted by molar-refractivity contribution is 5.96. The Morgan fingerprint density at radius 3 is 2.87 bits per heavy atom. The summed E-state index contributed by atoms with van der Waals surface area (Å²) < 4.78 is 2.33. The number of hydrogen-bond acceptors (Lipinski definition) is 4. The molecule has 0 aromatic carbocycles. The topological polar surface area (TPSA) is 79.7 Å². The molecule has 4 rings (SSSR count). The fraction of sp³-hybridized carbons (Fsp3) is 0.625. The van der Waals surface area contributed by atoms with E-state index in [-0.39, 0.29) is 5.91 Å². The van der Waals surface area contributed by atoms with E-state index in [9.17, 15) is 4.79 Å². The molecule has 7 heteroatoms. The van der Waals surface area contributed by atoms with Crippen molar-refractivity contribution in [1.82, 2.24) is 30.1 Å². The van der Waals surface area contributed by atoms with E-state index in [2.05, 4.69) is 45.1 Å². The third-order valence-electron chi connectivity index (χ3n) is 5.06. The lowest BCUT2D eigenvalue weighted by Crippen LogP contribution is -2.29. The number of amides is 1. The van der Waals surface area contributed by atoms with Gasteiger partial charge in [0, 0.05) is 36.9 Å². The van der Waals surface area contributed by atoms with E-state index in [0.717, 1.165) is 43.0 Å². The Bertz CT molecular complexity index is 715. The lowest BCUT2D eigenvalue weighted by molar-refractivity contribution is 0.0786. The summed E-state index contributed by atoms with van der Waals surface area (Å²) in [7, 11) is 0. The molecule has 2 aromatic heterocycles. The van der Waals surface area contributed by atoms with Gasteiger partial charge in [0.05, 0.1) is 5.56 Å². The molecule has 2 fully saturated rings. The smallest absolute Gasteiger partial charge is 0.255 e. The fourth-order valence-corrected chi connectivity index (χ4v) is 3.77. The number of aryl methyl sites for hydroxylation is 1. The molecule has 7 nitrogen and oxygen atoms in total. The molecule has 23 heavy (non-hydrogen) atoms. The van der Waals surface area contributed by atoms with Crippen molar-refractivity contribution in [2.24, 2.45) is 5.92 Å². The molecule has 2 aromatic rings. The third kappa shape index (κ3) is 2.64. The lowest BCUT2D eigenvalue weighted by Gasteiger charge is -2.16. The molecular formula is C16H22N6O. The van der Waals surface area contributed by atoms with Crippen LogP contribution in [0.2, 0.25) is 0 Å². The largest absolute Gasteiger partial charge is 0.345 e. The van der Waals surface area contributed by atoms with Crippen LogP contribution in [0.25, 0.3) is 0 Å². The number of rotatable bonds is 4. The van der Waals surface area contributed by atoms with E-state index in [1.807, 2.05) is 4.90 Å². The van der Waals surface area contributed by atoms with E-state index < -0.39 is 0 Å². The average molecular weight is 314 g/mol. The Kier molecular flexibility index (Phi) is 3.43. The minimum Gasteiger partial charge on any atom is -0.345 e. The van der Waals surface area contributed by atoms with Gasteiger partial charge in [-0.15, -0.1) is 10.2 Å². The highest BCUT2D eigenvalue weighted by Gasteiger charge is 2.32. The van der Waals surface area contributed by atoms with Gasteiger partial charge in [0.1, 0.15) is 0 Å². The van der Waals surface area contributed by atoms with Crippen LogP contribution in [0.5, 0.6) is 0 Å². The normalized spacial score (nSPS) is 21.1. The number of aromatic nitrogens is 5. The van der Waals surface area contributed by atoms with Crippen LogP contribution in [-0.2, 0) is 6.42 Å². The molecule has 0 spiro atoms. The first kappa shape index (κ1) is 14.4. The predicted molar refractivity (Wildman–Crippen MR) is 84.1 cm³/mol. The summed E-state index contributed by atoms with van der Waals surface area (Å²) >= 11 is 0. The highest BCUT2D eigenvalue weighted by atomic mass is 16.2. The molecule has 0 radical (unpaired) electrons. The average Bonchev–Trinajstić information content (AvgIpc) is 2.95. The predicted octanol–water partition coefficient (Wildman–Crippen LogP) is 1.66. The van der Waals surface area contributed by atoms with Crippen molar-refractivity contribution in [3.63, 3.8) is 0 Å². The summed E-state index contributed by atoms with van der Waals surface area (Å²) in [6, 6.07) is 2.67. The number of tetrazole rings is 1. The van der Waals surface area contributed by atoms with Crippen LogP contribution in [-0.4, -0.2) is 49.1 Å². The quantitative estimate of drug-likeness (QED) is 0.930. The van der Waals surface area contributed by atoms with E-state index in [1.54, 1.807) is 0 Å². The van der Waals surface area contributed by atoms with Gasteiger partial charge in [-0.1, -0.05) is 5.21 Å². The summed E-state index contributed by atoms with van der Waals surface area (Å²) in [6.07, 6.45) is 4.25. The zero-order chi connectivity index (χ0) is 16.0. The van der Waals surface area contributed by atoms with Crippen molar-refractivity contribution >= 4 is 5.91 Å². The maximum atomic E-state index is 12.9.